The maximum absolute atomic E-state index is 12.2. The van der Waals surface area contributed by atoms with Crippen LogP contribution in [0.5, 0.6) is 0 Å². The molecule has 0 aliphatic rings. The maximum atomic E-state index is 12.2. The fraction of sp³-hybridized carbons (Fsp3) is 0.733. The van der Waals surface area contributed by atoms with Crippen LogP contribution >= 0.6 is 0 Å². The van der Waals surface area contributed by atoms with E-state index in [1.54, 1.807) is 4.68 Å². The average molecular weight is 280 g/mol. The molecular formula is C15H28N4O. The molecule has 5 nitrogen and oxygen atoms in total. The smallest absolute Gasteiger partial charge is 0.244 e. The molecule has 0 radical (unpaired) electrons. The van der Waals surface area contributed by atoms with Gasteiger partial charge in [-0.25, -0.2) is 0 Å². The number of rotatable bonds is 7. The van der Waals surface area contributed by atoms with E-state index in [1.807, 2.05) is 20.8 Å². The van der Waals surface area contributed by atoms with Crippen molar-refractivity contribution >= 4 is 11.6 Å². The average Bonchev–Trinajstić information content (AvgIpc) is 2.73. The summed E-state index contributed by atoms with van der Waals surface area (Å²) >= 11 is 0. The number of nitrogens with one attached hydrogen (secondary N) is 1. The summed E-state index contributed by atoms with van der Waals surface area (Å²) in [4.78, 5) is 12.2. The van der Waals surface area contributed by atoms with Crippen molar-refractivity contribution in [1.82, 2.24) is 15.1 Å². The molecule has 0 fully saturated rings. The quantitative estimate of drug-likeness (QED) is 0.805. The highest BCUT2D eigenvalue weighted by molar-refractivity contribution is 5.80. The first-order valence-electron chi connectivity index (χ1n) is 7.55. The Morgan fingerprint density at radius 1 is 1.30 bits per heavy atom. The Balaban J connectivity index is 2.80. The van der Waals surface area contributed by atoms with Crippen LogP contribution in [0.25, 0.3) is 0 Å². The first-order valence-corrected chi connectivity index (χ1v) is 7.55. The molecule has 1 atom stereocenters. The van der Waals surface area contributed by atoms with Gasteiger partial charge < -0.3 is 11.1 Å². The van der Waals surface area contributed by atoms with Crippen molar-refractivity contribution < 1.29 is 4.79 Å². The summed E-state index contributed by atoms with van der Waals surface area (Å²) in [5, 5.41) is 7.46. The van der Waals surface area contributed by atoms with Crippen molar-refractivity contribution in [3.05, 3.63) is 11.4 Å². The number of nitrogens with two attached hydrogens (primary N) is 1. The minimum Gasteiger partial charge on any atom is -0.396 e. The number of aryl methyl sites for hydroxylation is 1. The topological polar surface area (TPSA) is 72.9 Å². The van der Waals surface area contributed by atoms with Crippen molar-refractivity contribution in [2.45, 2.75) is 59.9 Å². The van der Waals surface area contributed by atoms with Crippen molar-refractivity contribution in [3.63, 3.8) is 0 Å². The maximum Gasteiger partial charge on any atom is 0.244 e. The highest BCUT2D eigenvalue weighted by Crippen LogP contribution is 2.22. The number of nitrogens with zero attached hydrogens (tertiary/aromatic N) is 2. The van der Waals surface area contributed by atoms with E-state index in [-0.39, 0.29) is 11.9 Å². The van der Waals surface area contributed by atoms with E-state index >= 15 is 0 Å². The summed E-state index contributed by atoms with van der Waals surface area (Å²) in [6.45, 7) is 10.9. The van der Waals surface area contributed by atoms with Crippen LogP contribution in [0.3, 0.4) is 0 Å². The molecule has 0 aliphatic heterocycles. The van der Waals surface area contributed by atoms with Gasteiger partial charge in [0.2, 0.25) is 5.91 Å². The summed E-state index contributed by atoms with van der Waals surface area (Å²) in [6, 6.07) is -0.320. The Morgan fingerprint density at radius 3 is 2.45 bits per heavy atom. The molecule has 0 aromatic carbocycles. The Labute approximate surface area is 121 Å². The predicted molar refractivity (Wildman–Crippen MR) is 82.6 cm³/mol. The largest absolute Gasteiger partial charge is 0.396 e. The van der Waals surface area contributed by atoms with Crippen LogP contribution in [-0.2, 0) is 17.6 Å². The third-order valence-corrected chi connectivity index (χ3v) is 3.56. The lowest BCUT2D eigenvalue weighted by Gasteiger charge is -2.16. The van der Waals surface area contributed by atoms with Crippen LogP contribution < -0.4 is 11.1 Å². The molecule has 0 bridgehead atoms. The zero-order valence-corrected chi connectivity index (χ0v) is 13.4. The molecule has 20 heavy (non-hydrogen) atoms. The lowest BCUT2D eigenvalue weighted by Crippen LogP contribution is -2.33. The molecule has 1 aromatic heterocycles. The van der Waals surface area contributed by atoms with Crippen LogP contribution in [0.2, 0.25) is 0 Å². The molecule has 1 rings (SSSR count). The highest BCUT2D eigenvalue weighted by atomic mass is 16.2. The highest BCUT2D eigenvalue weighted by Gasteiger charge is 2.21. The molecular weight excluding hydrogens is 252 g/mol. The number of hydrogen-bond acceptors (Lipinski definition) is 3. The molecule has 3 N–H and O–H groups in total. The third-order valence-electron chi connectivity index (χ3n) is 3.56. The van der Waals surface area contributed by atoms with Gasteiger partial charge in [0, 0.05) is 6.54 Å². The van der Waals surface area contributed by atoms with Crippen molar-refractivity contribution in [2.24, 2.45) is 5.92 Å². The first kappa shape index (κ1) is 16.5. The zero-order valence-electron chi connectivity index (χ0n) is 13.4. The summed E-state index contributed by atoms with van der Waals surface area (Å²) in [5.74, 6) is 0.592. The van der Waals surface area contributed by atoms with Crippen LogP contribution in [0.15, 0.2) is 0 Å². The molecule has 1 heterocycles. The number of aromatic nitrogens is 2. The molecule has 1 aromatic rings. The molecule has 1 amide bonds. The lowest BCUT2D eigenvalue weighted by atomic mass is 10.1. The predicted octanol–water partition coefficient (Wildman–Crippen LogP) is 2.31. The van der Waals surface area contributed by atoms with Crippen molar-refractivity contribution in [1.29, 1.82) is 0 Å². The second kappa shape index (κ2) is 7.31. The zero-order chi connectivity index (χ0) is 15.3. The van der Waals surface area contributed by atoms with Gasteiger partial charge in [0.25, 0.3) is 0 Å². The standard InChI is InChI=1S/C15H28N4O/c1-6-12-14(16)13(7-2)19(18-12)11(5)15(20)17-9-8-10(3)4/h10-11H,6-9,16H2,1-5H3,(H,17,20). The second-order valence-electron chi connectivity index (χ2n) is 5.61. The molecule has 5 heteroatoms. The van der Waals surface area contributed by atoms with Crippen LogP contribution in [0.1, 0.15) is 58.5 Å². The van der Waals surface area contributed by atoms with E-state index in [1.165, 1.54) is 0 Å². The molecule has 1 unspecified atom stereocenters. The Kier molecular flexibility index (Phi) is 6.05. The Bertz CT molecular complexity index is 451. The van der Waals surface area contributed by atoms with Crippen LogP contribution in [0.4, 0.5) is 5.69 Å². The van der Waals surface area contributed by atoms with E-state index < -0.39 is 0 Å². The molecule has 0 aliphatic carbocycles. The lowest BCUT2D eigenvalue weighted by molar-refractivity contribution is -0.124. The fourth-order valence-corrected chi connectivity index (χ4v) is 2.21. The van der Waals surface area contributed by atoms with E-state index in [9.17, 15) is 4.79 Å². The number of hydrogen-bond donors (Lipinski definition) is 2. The number of nitrogen functional groups attached to an aromatic ring is 1. The fourth-order valence-electron chi connectivity index (χ4n) is 2.21. The number of carbonyl (C=O) groups excluding carboxylic acids is 1. The molecule has 114 valence electrons. The van der Waals surface area contributed by atoms with E-state index in [4.69, 9.17) is 5.73 Å². The van der Waals surface area contributed by atoms with Gasteiger partial charge in [0.1, 0.15) is 6.04 Å². The number of carbonyl (C=O) groups is 1. The molecule has 0 saturated carbocycles. The van der Waals surface area contributed by atoms with Crippen LogP contribution in [0, 0.1) is 5.92 Å². The Hall–Kier alpha value is -1.52. The van der Waals surface area contributed by atoms with Gasteiger partial charge >= 0.3 is 0 Å². The van der Waals surface area contributed by atoms with E-state index in [2.05, 4.69) is 24.3 Å². The van der Waals surface area contributed by atoms with E-state index in [0.29, 0.717) is 12.5 Å². The molecule has 0 spiro atoms. The van der Waals surface area contributed by atoms with Gasteiger partial charge in [-0.15, -0.1) is 0 Å². The SMILES string of the molecule is CCc1nn(C(C)C(=O)NCCC(C)C)c(CC)c1N. The van der Waals surface area contributed by atoms with Gasteiger partial charge in [-0.1, -0.05) is 27.7 Å². The second-order valence-corrected chi connectivity index (χ2v) is 5.61. The number of amides is 1. The van der Waals surface area contributed by atoms with Crippen molar-refractivity contribution in [3.8, 4) is 0 Å². The van der Waals surface area contributed by atoms with Gasteiger partial charge in [0.15, 0.2) is 0 Å². The number of anilines is 1. The van der Waals surface area contributed by atoms with E-state index in [0.717, 1.165) is 36.3 Å². The first-order chi connectivity index (χ1) is 9.42. The minimum atomic E-state index is -0.320. The Morgan fingerprint density at radius 2 is 1.95 bits per heavy atom. The van der Waals surface area contributed by atoms with Crippen molar-refractivity contribution in [2.75, 3.05) is 12.3 Å². The monoisotopic (exact) mass is 280 g/mol. The minimum absolute atomic E-state index is 0.00510. The van der Waals surface area contributed by atoms with Gasteiger partial charge in [-0.3, -0.25) is 9.48 Å². The summed E-state index contributed by atoms with van der Waals surface area (Å²) in [5.41, 5.74) is 8.65. The van der Waals surface area contributed by atoms with Gasteiger partial charge in [-0.2, -0.15) is 5.10 Å². The summed E-state index contributed by atoms with van der Waals surface area (Å²) in [6.07, 6.45) is 2.55. The summed E-state index contributed by atoms with van der Waals surface area (Å²) < 4.78 is 1.78. The van der Waals surface area contributed by atoms with Crippen LogP contribution in [-0.4, -0.2) is 22.2 Å². The summed E-state index contributed by atoms with van der Waals surface area (Å²) in [7, 11) is 0. The normalized spacial score (nSPS) is 12.7. The third kappa shape index (κ3) is 3.74. The van der Waals surface area contributed by atoms with Gasteiger partial charge in [0.05, 0.1) is 17.1 Å². The van der Waals surface area contributed by atoms with Gasteiger partial charge in [-0.05, 0) is 32.1 Å². The molecule has 0 saturated heterocycles.